The summed E-state index contributed by atoms with van der Waals surface area (Å²) < 4.78 is 33.7. The number of hydrogen-bond donors (Lipinski definition) is 0. The average Bonchev–Trinajstić information content (AvgIpc) is 2.73. The van der Waals surface area contributed by atoms with Crippen molar-refractivity contribution in [3.8, 4) is 5.75 Å². The van der Waals surface area contributed by atoms with Crippen LogP contribution in [0.15, 0.2) is 23.1 Å². The number of amides is 1. The van der Waals surface area contributed by atoms with Gasteiger partial charge in [-0.2, -0.15) is 4.31 Å². The Morgan fingerprint density at radius 3 is 2.45 bits per heavy atom. The summed E-state index contributed by atoms with van der Waals surface area (Å²) in [6.07, 6.45) is 3.51. The quantitative estimate of drug-likeness (QED) is 0.729. The van der Waals surface area contributed by atoms with E-state index in [4.69, 9.17) is 4.74 Å². The molecular weight excluding hydrogens is 388 g/mol. The summed E-state index contributed by atoms with van der Waals surface area (Å²) in [6, 6.07) is 5.35. The van der Waals surface area contributed by atoms with Crippen molar-refractivity contribution in [3.63, 3.8) is 0 Å². The van der Waals surface area contributed by atoms with Crippen LogP contribution in [0.2, 0.25) is 0 Å². The highest BCUT2D eigenvalue weighted by atomic mass is 32.2. The number of likely N-dealkylation sites (tertiary alicyclic amines) is 1. The smallest absolute Gasteiger partial charge is 0.246 e. The van der Waals surface area contributed by atoms with Crippen molar-refractivity contribution in [2.75, 3.05) is 33.3 Å². The maximum atomic E-state index is 13.5. The minimum Gasteiger partial charge on any atom is -0.495 e. The van der Waals surface area contributed by atoms with Crippen LogP contribution >= 0.6 is 0 Å². The standard InChI is InChI=1S/C22H34N2O4S/c1-16(2)18-7-8-20(28-4)21(14-18)29(26,27)24-11-5-6-19(15-24)22(25)23-12-9-17(3)10-13-23/h7-8,14,16-17,19H,5-6,9-13,15H2,1-4H3/t19-/m0/s1. The fourth-order valence-corrected chi connectivity index (χ4v) is 5.96. The number of hydrogen-bond acceptors (Lipinski definition) is 4. The largest absolute Gasteiger partial charge is 0.495 e. The van der Waals surface area contributed by atoms with Gasteiger partial charge in [0.1, 0.15) is 10.6 Å². The first-order valence-electron chi connectivity index (χ1n) is 10.7. The minimum atomic E-state index is -3.73. The zero-order valence-electron chi connectivity index (χ0n) is 18.1. The number of sulfonamides is 1. The van der Waals surface area contributed by atoms with Gasteiger partial charge in [0.05, 0.1) is 13.0 Å². The SMILES string of the molecule is COc1ccc(C(C)C)cc1S(=O)(=O)N1CCC[C@H](C(=O)N2CCC(C)CC2)C1. The van der Waals surface area contributed by atoms with Crippen LogP contribution < -0.4 is 4.74 Å². The number of piperidine rings is 2. The molecule has 1 aromatic carbocycles. The molecule has 0 saturated carbocycles. The highest BCUT2D eigenvalue weighted by molar-refractivity contribution is 7.89. The molecule has 0 radical (unpaired) electrons. The van der Waals surface area contributed by atoms with E-state index in [9.17, 15) is 13.2 Å². The van der Waals surface area contributed by atoms with Gasteiger partial charge in [0.25, 0.3) is 0 Å². The zero-order chi connectivity index (χ0) is 21.2. The summed E-state index contributed by atoms with van der Waals surface area (Å²) in [7, 11) is -2.24. The molecule has 0 aromatic heterocycles. The monoisotopic (exact) mass is 422 g/mol. The molecule has 1 atom stereocenters. The van der Waals surface area contributed by atoms with Crippen molar-refractivity contribution in [1.82, 2.24) is 9.21 Å². The topological polar surface area (TPSA) is 66.9 Å². The molecular formula is C22H34N2O4S. The van der Waals surface area contributed by atoms with Crippen LogP contribution in [0.1, 0.15) is 57.9 Å². The fraction of sp³-hybridized carbons (Fsp3) is 0.682. The Hall–Kier alpha value is -1.60. The Labute approximate surface area is 175 Å². The molecule has 0 aliphatic carbocycles. The van der Waals surface area contributed by atoms with E-state index in [0.717, 1.165) is 37.9 Å². The third-order valence-corrected chi connectivity index (χ3v) is 8.19. The number of rotatable bonds is 5. The second-order valence-corrected chi connectivity index (χ2v) is 10.7. The van der Waals surface area contributed by atoms with Gasteiger partial charge in [-0.15, -0.1) is 0 Å². The summed E-state index contributed by atoms with van der Waals surface area (Å²) in [5.74, 6) is 1.08. The van der Waals surface area contributed by atoms with Crippen LogP contribution in [0.4, 0.5) is 0 Å². The van der Waals surface area contributed by atoms with E-state index in [-0.39, 0.29) is 29.2 Å². The molecule has 2 fully saturated rings. The number of methoxy groups -OCH3 is 1. The first-order chi connectivity index (χ1) is 13.7. The maximum Gasteiger partial charge on any atom is 0.246 e. The predicted molar refractivity (Wildman–Crippen MR) is 114 cm³/mol. The molecule has 1 aromatic rings. The van der Waals surface area contributed by atoms with Crippen molar-refractivity contribution in [3.05, 3.63) is 23.8 Å². The van der Waals surface area contributed by atoms with Gasteiger partial charge in [0.15, 0.2) is 0 Å². The number of carbonyl (C=O) groups is 1. The first kappa shape index (κ1) is 22.1. The van der Waals surface area contributed by atoms with Crippen LogP contribution in [-0.4, -0.2) is 56.8 Å². The molecule has 2 saturated heterocycles. The van der Waals surface area contributed by atoms with Crippen LogP contribution in [0, 0.1) is 11.8 Å². The van der Waals surface area contributed by atoms with Gasteiger partial charge in [-0.1, -0.05) is 26.8 Å². The first-order valence-corrected chi connectivity index (χ1v) is 12.1. The van der Waals surface area contributed by atoms with Crippen LogP contribution in [0.5, 0.6) is 5.75 Å². The molecule has 0 bridgehead atoms. The summed E-state index contributed by atoms with van der Waals surface area (Å²) in [5, 5.41) is 0. The molecule has 0 spiro atoms. The highest BCUT2D eigenvalue weighted by Gasteiger charge is 2.37. The molecule has 29 heavy (non-hydrogen) atoms. The zero-order valence-corrected chi connectivity index (χ0v) is 18.9. The van der Waals surface area contributed by atoms with Gasteiger partial charge in [0, 0.05) is 26.2 Å². The average molecular weight is 423 g/mol. The highest BCUT2D eigenvalue weighted by Crippen LogP contribution is 2.33. The lowest BCUT2D eigenvalue weighted by molar-refractivity contribution is -0.138. The van der Waals surface area contributed by atoms with Crippen LogP contribution in [0.3, 0.4) is 0 Å². The Morgan fingerprint density at radius 1 is 1.14 bits per heavy atom. The van der Waals surface area contributed by atoms with Gasteiger partial charge in [-0.3, -0.25) is 4.79 Å². The van der Waals surface area contributed by atoms with Gasteiger partial charge in [-0.25, -0.2) is 8.42 Å². The normalized spacial score (nSPS) is 22.1. The maximum absolute atomic E-state index is 13.5. The lowest BCUT2D eigenvalue weighted by Crippen LogP contribution is -2.48. The molecule has 0 unspecified atom stereocenters. The van der Waals surface area contributed by atoms with Gasteiger partial charge in [0.2, 0.25) is 15.9 Å². The van der Waals surface area contributed by atoms with E-state index in [1.165, 1.54) is 11.4 Å². The lowest BCUT2D eigenvalue weighted by Gasteiger charge is -2.37. The Bertz CT molecular complexity index is 829. The van der Waals surface area contributed by atoms with Crippen molar-refractivity contribution >= 4 is 15.9 Å². The van der Waals surface area contributed by atoms with E-state index < -0.39 is 10.0 Å². The summed E-state index contributed by atoms with van der Waals surface area (Å²) >= 11 is 0. The van der Waals surface area contributed by atoms with Crippen molar-refractivity contribution in [2.24, 2.45) is 11.8 Å². The second kappa shape index (κ2) is 9.04. The van der Waals surface area contributed by atoms with E-state index in [1.54, 1.807) is 12.1 Å². The summed E-state index contributed by atoms with van der Waals surface area (Å²) in [6.45, 7) is 8.55. The van der Waals surface area contributed by atoms with Crippen molar-refractivity contribution in [2.45, 2.75) is 57.3 Å². The number of nitrogens with zero attached hydrogens (tertiary/aromatic N) is 2. The predicted octanol–water partition coefficient (Wildman–Crippen LogP) is 3.48. The fourth-order valence-electron chi connectivity index (χ4n) is 4.24. The Balaban J connectivity index is 1.81. The number of ether oxygens (including phenoxy) is 1. The Morgan fingerprint density at radius 2 is 1.83 bits per heavy atom. The molecule has 0 N–H and O–H groups in total. The molecule has 3 rings (SSSR count). The third-order valence-electron chi connectivity index (χ3n) is 6.30. The molecule has 1 amide bonds. The number of carbonyl (C=O) groups excluding carboxylic acids is 1. The van der Waals surface area contributed by atoms with Gasteiger partial charge < -0.3 is 9.64 Å². The molecule has 2 aliphatic heterocycles. The van der Waals surface area contributed by atoms with Crippen molar-refractivity contribution in [1.29, 1.82) is 0 Å². The van der Waals surface area contributed by atoms with E-state index in [1.807, 2.05) is 24.8 Å². The van der Waals surface area contributed by atoms with Gasteiger partial charge >= 0.3 is 0 Å². The Kier molecular flexibility index (Phi) is 6.89. The molecule has 2 heterocycles. The van der Waals surface area contributed by atoms with E-state index >= 15 is 0 Å². The lowest BCUT2D eigenvalue weighted by atomic mass is 9.94. The number of benzene rings is 1. The minimum absolute atomic E-state index is 0.111. The molecule has 7 heteroatoms. The molecule has 162 valence electrons. The van der Waals surface area contributed by atoms with E-state index in [0.29, 0.717) is 24.6 Å². The third kappa shape index (κ3) is 4.77. The summed E-state index contributed by atoms with van der Waals surface area (Å²) in [5.41, 5.74) is 0.955. The van der Waals surface area contributed by atoms with E-state index in [2.05, 4.69) is 6.92 Å². The van der Waals surface area contributed by atoms with Gasteiger partial charge in [-0.05, 0) is 55.2 Å². The second-order valence-electron chi connectivity index (χ2n) is 8.78. The molecule has 6 nitrogen and oxygen atoms in total. The summed E-state index contributed by atoms with van der Waals surface area (Å²) in [4.78, 5) is 15.1. The molecule has 2 aliphatic rings. The van der Waals surface area contributed by atoms with Crippen LogP contribution in [-0.2, 0) is 14.8 Å². The van der Waals surface area contributed by atoms with Crippen molar-refractivity contribution < 1.29 is 17.9 Å². The van der Waals surface area contributed by atoms with Crippen LogP contribution in [0.25, 0.3) is 0 Å².